The number of hydrogen-bond donors (Lipinski definition) is 2. The van der Waals surface area contributed by atoms with E-state index in [0.29, 0.717) is 0 Å². The molecule has 1 aromatic rings. The zero-order valence-corrected chi connectivity index (χ0v) is 9.89. The normalized spacial score (nSPS) is 19.2. The first kappa shape index (κ1) is 11.6. The molecule has 90 valence electrons. The fourth-order valence-corrected chi connectivity index (χ4v) is 2.48. The second-order valence-electron chi connectivity index (χ2n) is 4.57. The van der Waals surface area contributed by atoms with Crippen molar-refractivity contribution in [3.63, 3.8) is 0 Å². The summed E-state index contributed by atoms with van der Waals surface area (Å²) < 4.78 is 2.10. The zero-order chi connectivity index (χ0) is 11.5. The Labute approximate surface area is 96.5 Å². The molecule has 0 aromatic carbocycles. The highest BCUT2D eigenvalue weighted by Crippen LogP contribution is 2.24. The molecule has 1 aliphatic rings. The minimum absolute atomic E-state index is 0.00484. The average molecular weight is 223 g/mol. The van der Waals surface area contributed by atoms with E-state index in [4.69, 9.17) is 5.73 Å². The summed E-state index contributed by atoms with van der Waals surface area (Å²) in [6.07, 6.45) is 7.32. The van der Waals surface area contributed by atoms with Gasteiger partial charge in [-0.25, -0.2) is 4.98 Å². The van der Waals surface area contributed by atoms with E-state index in [1.807, 2.05) is 6.33 Å². The van der Waals surface area contributed by atoms with Crippen molar-refractivity contribution in [1.29, 1.82) is 0 Å². The fraction of sp³-hybridized carbons (Fsp3) is 0.750. The molecular weight excluding hydrogens is 202 g/mol. The summed E-state index contributed by atoms with van der Waals surface area (Å²) in [5, 5.41) is 9.47. The molecule has 0 aliphatic heterocycles. The van der Waals surface area contributed by atoms with Gasteiger partial charge in [0.1, 0.15) is 0 Å². The van der Waals surface area contributed by atoms with Crippen LogP contribution in [0, 0.1) is 0 Å². The molecule has 0 radical (unpaired) electrons. The topological polar surface area (TPSA) is 64.1 Å². The van der Waals surface area contributed by atoms with Crippen LogP contribution in [0.3, 0.4) is 0 Å². The number of nitrogens with zero attached hydrogens (tertiary/aromatic N) is 2. The Bertz CT molecular complexity index is 348. The third-order valence-electron chi connectivity index (χ3n) is 3.57. The van der Waals surface area contributed by atoms with Gasteiger partial charge in [-0.1, -0.05) is 6.92 Å². The van der Waals surface area contributed by atoms with Crippen LogP contribution in [0.15, 0.2) is 6.33 Å². The lowest BCUT2D eigenvalue weighted by Gasteiger charge is -2.25. The highest BCUT2D eigenvalue weighted by atomic mass is 16.3. The monoisotopic (exact) mass is 223 g/mol. The van der Waals surface area contributed by atoms with E-state index in [1.165, 1.54) is 24.2 Å². The van der Waals surface area contributed by atoms with Crippen LogP contribution in [0.2, 0.25) is 0 Å². The van der Waals surface area contributed by atoms with E-state index in [9.17, 15) is 5.11 Å². The van der Waals surface area contributed by atoms with Crippen LogP contribution in [-0.2, 0) is 12.8 Å². The Kier molecular flexibility index (Phi) is 3.61. The summed E-state index contributed by atoms with van der Waals surface area (Å²) in [4.78, 5) is 4.44. The molecule has 3 N–H and O–H groups in total. The molecule has 4 heteroatoms. The molecule has 0 fully saturated rings. The predicted octanol–water partition coefficient (Wildman–Crippen LogP) is 1.03. The summed E-state index contributed by atoms with van der Waals surface area (Å²) in [5.74, 6) is 0. The van der Waals surface area contributed by atoms with E-state index < -0.39 is 0 Å². The number of hydrogen-bond acceptors (Lipinski definition) is 3. The Morgan fingerprint density at radius 3 is 2.94 bits per heavy atom. The number of imidazole rings is 1. The quantitative estimate of drug-likeness (QED) is 0.801. The van der Waals surface area contributed by atoms with Crippen molar-refractivity contribution in [2.75, 3.05) is 6.61 Å². The Balaban J connectivity index is 2.27. The van der Waals surface area contributed by atoms with Crippen molar-refractivity contribution >= 4 is 0 Å². The molecule has 0 bridgehead atoms. The number of nitrogens with two attached hydrogens (primary N) is 1. The fourth-order valence-electron chi connectivity index (χ4n) is 2.48. The molecule has 1 aromatic heterocycles. The first-order chi connectivity index (χ1) is 7.77. The number of rotatable bonds is 4. The van der Waals surface area contributed by atoms with Gasteiger partial charge >= 0.3 is 0 Å². The second kappa shape index (κ2) is 4.97. The maximum Gasteiger partial charge on any atom is 0.0955 e. The first-order valence-electron chi connectivity index (χ1n) is 6.19. The van der Waals surface area contributed by atoms with Gasteiger partial charge in [-0.05, 0) is 32.1 Å². The molecule has 0 saturated heterocycles. The van der Waals surface area contributed by atoms with Crippen molar-refractivity contribution in [3.05, 3.63) is 17.7 Å². The van der Waals surface area contributed by atoms with E-state index in [0.717, 1.165) is 19.3 Å². The van der Waals surface area contributed by atoms with Gasteiger partial charge in [-0.3, -0.25) is 0 Å². The number of aliphatic hydroxyl groups excluding tert-OH is 1. The van der Waals surface area contributed by atoms with Crippen molar-refractivity contribution in [2.24, 2.45) is 5.73 Å². The van der Waals surface area contributed by atoms with Crippen LogP contribution in [0.25, 0.3) is 0 Å². The molecule has 0 saturated carbocycles. The molecule has 2 unspecified atom stereocenters. The molecule has 2 atom stereocenters. The van der Waals surface area contributed by atoms with Crippen LogP contribution in [0.5, 0.6) is 0 Å². The van der Waals surface area contributed by atoms with Gasteiger partial charge in [-0.15, -0.1) is 0 Å². The van der Waals surface area contributed by atoms with E-state index in [-0.39, 0.29) is 18.7 Å². The molecule has 0 spiro atoms. The maximum atomic E-state index is 9.47. The smallest absolute Gasteiger partial charge is 0.0955 e. The Morgan fingerprint density at radius 2 is 2.25 bits per heavy atom. The number of fused-ring (bicyclic) bond motifs is 1. The molecule has 4 nitrogen and oxygen atoms in total. The number of aliphatic hydroxyl groups is 1. The van der Waals surface area contributed by atoms with Crippen LogP contribution < -0.4 is 5.73 Å². The maximum absolute atomic E-state index is 9.47. The molecule has 1 aliphatic carbocycles. The van der Waals surface area contributed by atoms with Crippen molar-refractivity contribution in [2.45, 2.75) is 51.1 Å². The molecule has 0 amide bonds. The Morgan fingerprint density at radius 1 is 1.50 bits per heavy atom. The van der Waals surface area contributed by atoms with Crippen molar-refractivity contribution in [3.8, 4) is 0 Å². The van der Waals surface area contributed by atoms with E-state index in [1.54, 1.807) is 0 Å². The highest BCUT2D eigenvalue weighted by Gasteiger charge is 2.23. The number of aryl methyl sites for hydroxylation is 1. The SMILES string of the molecule is CCC(N)C(CO)n1cnc2c1CCCC2. The third-order valence-corrected chi connectivity index (χ3v) is 3.57. The van der Waals surface area contributed by atoms with Gasteiger partial charge in [0.05, 0.1) is 24.7 Å². The van der Waals surface area contributed by atoms with Gasteiger partial charge in [0.25, 0.3) is 0 Å². The number of aromatic nitrogens is 2. The molecule has 16 heavy (non-hydrogen) atoms. The lowest BCUT2D eigenvalue weighted by atomic mass is 9.99. The van der Waals surface area contributed by atoms with Crippen LogP contribution in [0.4, 0.5) is 0 Å². The minimum Gasteiger partial charge on any atom is -0.394 e. The Hall–Kier alpha value is -0.870. The molecule has 1 heterocycles. The predicted molar refractivity (Wildman–Crippen MR) is 63.3 cm³/mol. The summed E-state index contributed by atoms with van der Waals surface area (Å²) in [6.45, 7) is 2.15. The van der Waals surface area contributed by atoms with Gasteiger partial charge in [0.2, 0.25) is 0 Å². The van der Waals surface area contributed by atoms with Crippen LogP contribution in [-0.4, -0.2) is 27.3 Å². The minimum atomic E-state index is -0.0145. The largest absolute Gasteiger partial charge is 0.394 e. The van der Waals surface area contributed by atoms with Crippen molar-refractivity contribution in [1.82, 2.24) is 9.55 Å². The van der Waals surface area contributed by atoms with Gasteiger partial charge < -0.3 is 15.4 Å². The van der Waals surface area contributed by atoms with Gasteiger partial charge in [0.15, 0.2) is 0 Å². The van der Waals surface area contributed by atoms with E-state index >= 15 is 0 Å². The summed E-state index contributed by atoms with van der Waals surface area (Å²) in [6, 6.07) is -0.00965. The third kappa shape index (κ3) is 1.99. The summed E-state index contributed by atoms with van der Waals surface area (Å²) in [7, 11) is 0. The van der Waals surface area contributed by atoms with E-state index in [2.05, 4.69) is 16.5 Å². The zero-order valence-electron chi connectivity index (χ0n) is 9.89. The highest BCUT2D eigenvalue weighted by molar-refractivity contribution is 5.17. The molecule has 2 rings (SSSR count). The summed E-state index contributed by atoms with van der Waals surface area (Å²) in [5.41, 5.74) is 8.53. The summed E-state index contributed by atoms with van der Waals surface area (Å²) >= 11 is 0. The van der Waals surface area contributed by atoms with Crippen LogP contribution >= 0.6 is 0 Å². The van der Waals surface area contributed by atoms with Crippen LogP contribution in [0.1, 0.15) is 43.6 Å². The standard InChI is InChI=1S/C12H21N3O/c1-2-9(13)12(7-16)15-8-14-10-5-3-4-6-11(10)15/h8-9,12,16H,2-7,13H2,1H3. The average Bonchev–Trinajstić information content (AvgIpc) is 2.74. The lowest BCUT2D eigenvalue weighted by molar-refractivity contribution is 0.201. The van der Waals surface area contributed by atoms with Crippen molar-refractivity contribution < 1.29 is 5.11 Å². The van der Waals surface area contributed by atoms with Gasteiger partial charge in [-0.2, -0.15) is 0 Å². The second-order valence-corrected chi connectivity index (χ2v) is 4.57. The molecular formula is C12H21N3O. The first-order valence-corrected chi connectivity index (χ1v) is 6.19. The van der Waals surface area contributed by atoms with Gasteiger partial charge in [0, 0.05) is 11.7 Å². The lowest BCUT2D eigenvalue weighted by Crippen LogP contribution is -2.34.